The third kappa shape index (κ3) is 13.5. The minimum atomic E-state index is 0.604. The third-order valence-electron chi connectivity index (χ3n) is 16.1. The zero-order valence-electron chi connectivity index (χ0n) is 51.7. The van der Waals surface area contributed by atoms with Crippen LogP contribution in [0.2, 0.25) is 0 Å². The van der Waals surface area contributed by atoms with E-state index in [1.165, 1.54) is 0 Å². The van der Waals surface area contributed by atoms with Gasteiger partial charge in [0.05, 0.1) is 22.8 Å². The number of pyridine rings is 2. The lowest BCUT2D eigenvalue weighted by atomic mass is 9.99. The first-order valence-electron chi connectivity index (χ1n) is 31.4. The summed E-state index contributed by atoms with van der Waals surface area (Å²) in [5.41, 5.74) is 19.3. The Hall–Kier alpha value is -13.3. The molecule has 0 fully saturated rings. The van der Waals surface area contributed by atoms with Gasteiger partial charge in [-0.2, -0.15) is 0 Å². The van der Waals surface area contributed by atoms with E-state index in [0.29, 0.717) is 46.6 Å². The van der Waals surface area contributed by atoms with E-state index in [1.807, 2.05) is 200 Å². The summed E-state index contributed by atoms with van der Waals surface area (Å²) in [6, 6.07) is 106. The SMILES string of the molecule is c1ccc(-c2cc(-c3cccc(-c4ccc(-c5nc(-c6ccccc6)nc(-c6ccncc6)n5)cc4)c3)nc(-c3ccccc3)n2)cc1.c1ccc(-c2nc(-c3ccncc3)cc(-c3cccc(-c4ccc(-c5nc(-c6ccccc6)nc(-c6ccccc6)n5)cc4)c3)n2)cc1. The van der Waals surface area contributed by atoms with Crippen LogP contribution in [0.25, 0.3) is 158 Å². The van der Waals surface area contributed by atoms with Crippen LogP contribution >= 0.6 is 0 Å². The van der Waals surface area contributed by atoms with Crippen molar-refractivity contribution < 1.29 is 0 Å². The molecule has 0 amide bonds. The summed E-state index contributed by atoms with van der Waals surface area (Å²) in [7, 11) is 0. The molecule has 6 aromatic heterocycles. The second-order valence-electron chi connectivity index (χ2n) is 22.5. The van der Waals surface area contributed by atoms with E-state index in [-0.39, 0.29) is 0 Å². The van der Waals surface area contributed by atoms with Gasteiger partial charge in [0.15, 0.2) is 46.6 Å². The lowest BCUT2D eigenvalue weighted by molar-refractivity contribution is 1.07. The smallest absolute Gasteiger partial charge is 0.164 e. The molecule has 12 nitrogen and oxygen atoms in total. The quantitative estimate of drug-likeness (QED) is 0.102. The van der Waals surface area contributed by atoms with Gasteiger partial charge in [0.2, 0.25) is 0 Å². The lowest BCUT2D eigenvalue weighted by Crippen LogP contribution is -2.00. The van der Waals surface area contributed by atoms with E-state index in [0.717, 1.165) is 112 Å². The number of nitrogens with zero attached hydrogens (tertiary/aromatic N) is 12. The molecule has 12 heteroatoms. The van der Waals surface area contributed by atoms with E-state index >= 15 is 0 Å². The Morgan fingerprint density at radius 1 is 0.125 bits per heavy atom. The topological polar surface area (TPSA) is 155 Å². The maximum absolute atomic E-state index is 5.02. The van der Waals surface area contributed by atoms with Crippen molar-refractivity contribution in [2.75, 3.05) is 0 Å². The first kappa shape index (κ1) is 59.0. The fourth-order valence-corrected chi connectivity index (χ4v) is 11.2. The number of hydrogen-bond donors (Lipinski definition) is 0. The first-order chi connectivity index (χ1) is 47.5. The highest BCUT2D eigenvalue weighted by Gasteiger charge is 2.18. The number of aromatic nitrogens is 12. The van der Waals surface area contributed by atoms with Crippen LogP contribution in [0.15, 0.2) is 340 Å². The Morgan fingerprint density at radius 2 is 0.323 bits per heavy atom. The van der Waals surface area contributed by atoms with Crippen molar-refractivity contribution in [2.45, 2.75) is 0 Å². The van der Waals surface area contributed by atoms with Crippen LogP contribution in [0.4, 0.5) is 0 Å². The van der Waals surface area contributed by atoms with Gasteiger partial charge in [-0.1, -0.05) is 267 Å². The van der Waals surface area contributed by atoms with Crippen molar-refractivity contribution in [2.24, 2.45) is 0 Å². The van der Waals surface area contributed by atoms with E-state index in [4.69, 9.17) is 49.8 Å². The molecule has 0 spiro atoms. The van der Waals surface area contributed by atoms with Crippen molar-refractivity contribution in [3.05, 3.63) is 340 Å². The molecule has 10 aromatic carbocycles. The summed E-state index contributed by atoms with van der Waals surface area (Å²) in [5, 5.41) is 0. The zero-order chi connectivity index (χ0) is 64.2. The summed E-state index contributed by atoms with van der Waals surface area (Å²) in [6.07, 6.45) is 7.06. The highest BCUT2D eigenvalue weighted by Crippen LogP contribution is 2.35. The molecule has 0 aliphatic heterocycles. The second-order valence-corrected chi connectivity index (χ2v) is 22.5. The van der Waals surface area contributed by atoms with Crippen molar-refractivity contribution in [1.29, 1.82) is 0 Å². The molecule has 6 heterocycles. The minimum absolute atomic E-state index is 0.604. The van der Waals surface area contributed by atoms with E-state index in [2.05, 4.69) is 125 Å². The highest BCUT2D eigenvalue weighted by atomic mass is 15.0. The predicted molar refractivity (Wildman–Crippen MR) is 383 cm³/mol. The average molecular weight is 1230 g/mol. The molecular formula is C84H56N12. The summed E-state index contributed by atoms with van der Waals surface area (Å²) >= 11 is 0. The van der Waals surface area contributed by atoms with Gasteiger partial charge in [-0.05, 0) is 70.8 Å². The maximum Gasteiger partial charge on any atom is 0.164 e. The van der Waals surface area contributed by atoms with Gasteiger partial charge in [0, 0.05) is 91.5 Å². The van der Waals surface area contributed by atoms with Gasteiger partial charge >= 0.3 is 0 Å². The standard InChI is InChI=1S/2C42H28N6/c1-4-11-31(12-5-1)39-44-37(30-23-25-43-26-24-30)28-38(45-39)36-18-10-17-35(27-36)29-19-21-34(22-20-29)42-47-40(32-13-6-2-7-14-32)46-41(48-42)33-15-8-3-9-16-33;1-4-11-30(12-5-1)37-28-38(45-39(44-37)31-13-6-2-7-14-31)36-18-10-17-35(27-36)29-19-21-33(22-20-29)41-46-40(32-15-8-3-9-16-32)47-42(48-41)34-23-25-43-26-24-34/h2*1-28H. The zero-order valence-corrected chi connectivity index (χ0v) is 51.7. The summed E-state index contributed by atoms with van der Waals surface area (Å²) in [5.74, 6) is 5.12. The van der Waals surface area contributed by atoms with Crippen LogP contribution in [0.3, 0.4) is 0 Å². The molecule has 0 atom stereocenters. The molecule has 0 saturated carbocycles. The van der Waals surface area contributed by atoms with Crippen LogP contribution in [0.1, 0.15) is 0 Å². The Kier molecular flexibility index (Phi) is 17.0. The summed E-state index contributed by atoms with van der Waals surface area (Å²) in [4.78, 5) is 57.3. The van der Waals surface area contributed by atoms with Gasteiger partial charge in [-0.3, -0.25) is 9.97 Å². The Labute approximate surface area is 555 Å². The molecule has 96 heavy (non-hydrogen) atoms. The monoisotopic (exact) mass is 1230 g/mol. The van der Waals surface area contributed by atoms with Gasteiger partial charge < -0.3 is 0 Å². The van der Waals surface area contributed by atoms with Gasteiger partial charge in [-0.25, -0.2) is 49.8 Å². The van der Waals surface area contributed by atoms with Crippen molar-refractivity contribution in [3.8, 4) is 158 Å². The Bertz CT molecular complexity index is 4730. The van der Waals surface area contributed by atoms with Crippen LogP contribution in [-0.2, 0) is 0 Å². The fraction of sp³-hybridized carbons (Fsp3) is 0. The van der Waals surface area contributed by atoms with E-state index in [9.17, 15) is 0 Å². The van der Waals surface area contributed by atoms with E-state index < -0.39 is 0 Å². The molecule has 452 valence electrons. The lowest BCUT2D eigenvalue weighted by Gasteiger charge is -2.11. The normalized spacial score (nSPS) is 10.9. The molecular weight excluding hydrogens is 1180 g/mol. The molecule has 0 radical (unpaired) electrons. The maximum atomic E-state index is 5.02. The molecule has 0 aliphatic carbocycles. The number of benzene rings is 10. The van der Waals surface area contributed by atoms with Gasteiger partial charge in [0.1, 0.15) is 0 Å². The third-order valence-corrected chi connectivity index (χ3v) is 16.1. The average Bonchev–Trinajstić information content (AvgIpc) is 0.854. The largest absolute Gasteiger partial charge is 0.265 e. The molecule has 16 aromatic rings. The molecule has 0 bridgehead atoms. The Balaban J connectivity index is 0.000000158. The fourth-order valence-electron chi connectivity index (χ4n) is 11.2. The molecule has 16 rings (SSSR count). The Morgan fingerprint density at radius 3 is 0.625 bits per heavy atom. The van der Waals surface area contributed by atoms with Crippen molar-refractivity contribution >= 4 is 0 Å². The second kappa shape index (κ2) is 27.6. The minimum Gasteiger partial charge on any atom is -0.265 e. The van der Waals surface area contributed by atoms with Crippen LogP contribution < -0.4 is 0 Å². The molecule has 0 unspecified atom stereocenters. The predicted octanol–water partition coefficient (Wildman–Crippen LogP) is 19.5. The number of rotatable bonds is 14. The van der Waals surface area contributed by atoms with Crippen molar-refractivity contribution in [3.63, 3.8) is 0 Å². The van der Waals surface area contributed by atoms with Gasteiger partial charge in [0.25, 0.3) is 0 Å². The van der Waals surface area contributed by atoms with Crippen LogP contribution in [0.5, 0.6) is 0 Å². The summed E-state index contributed by atoms with van der Waals surface area (Å²) in [6.45, 7) is 0. The summed E-state index contributed by atoms with van der Waals surface area (Å²) < 4.78 is 0. The molecule has 0 aliphatic rings. The molecule has 0 N–H and O–H groups in total. The highest BCUT2D eigenvalue weighted by molar-refractivity contribution is 5.80. The van der Waals surface area contributed by atoms with Crippen LogP contribution in [0, 0.1) is 0 Å². The molecule has 0 saturated heterocycles. The van der Waals surface area contributed by atoms with Crippen LogP contribution in [-0.4, -0.2) is 59.8 Å². The first-order valence-corrected chi connectivity index (χ1v) is 31.4. The van der Waals surface area contributed by atoms with Crippen molar-refractivity contribution in [1.82, 2.24) is 59.8 Å². The van der Waals surface area contributed by atoms with Gasteiger partial charge in [-0.15, -0.1) is 0 Å². The van der Waals surface area contributed by atoms with E-state index in [1.54, 1.807) is 24.8 Å². The number of hydrogen-bond acceptors (Lipinski definition) is 12.